The minimum Gasteiger partial charge on any atom is -0.494 e. The van der Waals surface area contributed by atoms with Crippen molar-refractivity contribution in [3.8, 4) is 29.5 Å². The van der Waals surface area contributed by atoms with Crippen LogP contribution in [0.25, 0.3) is 22.6 Å². The summed E-state index contributed by atoms with van der Waals surface area (Å²) in [5, 5.41) is 0. The van der Waals surface area contributed by atoms with Gasteiger partial charge in [-0.15, -0.1) is 18.0 Å². The van der Waals surface area contributed by atoms with Gasteiger partial charge in [0, 0.05) is 25.5 Å². The molecule has 0 saturated carbocycles. The van der Waals surface area contributed by atoms with Crippen molar-refractivity contribution in [1.29, 1.82) is 0 Å². The van der Waals surface area contributed by atoms with Crippen LogP contribution in [-0.2, 0) is 20.6 Å². The molecule has 0 radical (unpaired) electrons. The molecule has 0 unspecified atom stereocenters. The molecule has 0 amide bonds. The average molecular weight is 387 g/mol. The molecule has 2 heterocycles. The van der Waals surface area contributed by atoms with Gasteiger partial charge in [-0.3, -0.25) is 13.9 Å². The molecule has 2 aromatic heterocycles. The third kappa shape index (κ3) is 3.36. The number of imidazole rings is 1. The number of terminal acetylenes is 1. The van der Waals surface area contributed by atoms with E-state index in [9.17, 15) is 9.59 Å². The van der Waals surface area contributed by atoms with E-state index in [1.165, 1.54) is 11.6 Å². The molecule has 27 heavy (non-hydrogen) atoms. The average Bonchev–Trinajstić information content (AvgIpc) is 3.05. The van der Waals surface area contributed by atoms with Crippen molar-refractivity contribution in [3.63, 3.8) is 0 Å². The molecule has 0 N–H and O–H groups in total. The predicted molar refractivity (Wildman–Crippen MR) is 105 cm³/mol. The Balaban J connectivity index is 2.22. The molecule has 0 aliphatic rings. The monoisotopic (exact) mass is 386 g/mol. The Labute approximate surface area is 160 Å². The summed E-state index contributed by atoms with van der Waals surface area (Å²) in [5.74, 6) is 4.24. The third-order valence-corrected chi connectivity index (χ3v) is 4.50. The number of rotatable bonds is 6. The number of hydrogen-bond acceptors (Lipinski definition) is 4. The lowest BCUT2D eigenvalue weighted by Gasteiger charge is -2.09. The highest BCUT2D eigenvalue weighted by Crippen LogP contribution is 2.26. The molecule has 0 saturated heterocycles. The lowest BCUT2D eigenvalue weighted by molar-refractivity contribution is 0.318. The van der Waals surface area contributed by atoms with Crippen molar-refractivity contribution >= 4 is 22.8 Å². The maximum absolute atomic E-state index is 12.7. The van der Waals surface area contributed by atoms with Crippen LogP contribution in [0.15, 0.2) is 33.9 Å². The van der Waals surface area contributed by atoms with Crippen LogP contribution in [0, 0.1) is 12.3 Å². The molecule has 0 fully saturated rings. The number of aromatic nitrogens is 4. The second kappa shape index (κ2) is 7.72. The summed E-state index contributed by atoms with van der Waals surface area (Å²) in [7, 11) is 3.01. The van der Waals surface area contributed by atoms with E-state index >= 15 is 0 Å². The van der Waals surface area contributed by atoms with E-state index in [1.807, 2.05) is 24.3 Å². The molecule has 1 aromatic carbocycles. The van der Waals surface area contributed by atoms with Crippen LogP contribution >= 0.6 is 11.6 Å². The normalized spacial score (nSPS) is 10.9. The fourth-order valence-electron chi connectivity index (χ4n) is 2.88. The summed E-state index contributed by atoms with van der Waals surface area (Å²) in [6.07, 6.45) is 6.25. The second-order valence-electron chi connectivity index (χ2n) is 6.02. The van der Waals surface area contributed by atoms with Crippen LogP contribution in [0.5, 0.6) is 5.75 Å². The fraction of sp³-hybridized carbons (Fsp3) is 0.316. The highest BCUT2D eigenvalue weighted by Gasteiger charge is 2.19. The zero-order chi connectivity index (χ0) is 19.6. The summed E-state index contributed by atoms with van der Waals surface area (Å²) >= 11 is 5.68. The number of nitrogens with zero attached hydrogens (tertiary/aromatic N) is 4. The summed E-state index contributed by atoms with van der Waals surface area (Å²) in [4.78, 5) is 29.4. The van der Waals surface area contributed by atoms with Crippen molar-refractivity contribution in [2.75, 3.05) is 12.5 Å². The van der Waals surface area contributed by atoms with Crippen LogP contribution in [-0.4, -0.2) is 31.2 Å². The van der Waals surface area contributed by atoms with Gasteiger partial charge >= 0.3 is 5.69 Å². The van der Waals surface area contributed by atoms with Gasteiger partial charge in [0.15, 0.2) is 11.2 Å². The zero-order valence-corrected chi connectivity index (χ0v) is 15.9. The molecule has 3 aromatic rings. The van der Waals surface area contributed by atoms with E-state index in [-0.39, 0.29) is 6.54 Å². The van der Waals surface area contributed by atoms with Gasteiger partial charge < -0.3 is 9.30 Å². The Kier molecular flexibility index (Phi) is 5.38. The van der Waals surface area contributed by atoms with Crippen LogP contribution in [0.1, 0.15) is 6.42 Å². The number of ether oxygens (including phenoxy) is 1. The van der Waals surface area contributed by atoms with Crippen molar-refractivity contribution < 1.29 is 4.74 Å². The summed E-state index contributed by atoms with van der Waals surface area (Å²) in [5.41, 5.74) is 0.446. The molecular weight excluding hydrogens is 368 g/mol. The number of hydrogen-bond donors (Lipinski definition) is 0. The SMILES string of the molecule is C#CCn1c(-c2cccc(OCCCCl)c2)nc2c1c(=O)n(C)c(=O)n2C. The largest absolute Gasteiger partial charge is 0.494 e. The van der Waals surface area contributed by atoms with Gasteiger partial charge in [0.2, 0.25) is 0 Å². The number of halogens is 1. The Morgan fingerprint density at radius 3 is 2.74 bits per heavy atom. The summed E-state index contributed by atoms with van der Waals surface area (Å²) in [6.45, 7) is 0.652. The Morgan fingerprint density at radius 1 is 1.26 bits per heavy atom. The number of aryl methyl sites for hydroxylation is 1. The molecule has 0 spiro atoms. The van der Waals surface area contributed by atoms with Crippen LogP contribution < -0.4 is 16.0 Å². The maximum Gasteiger partial charge on any atom is 0.332 e. The number of benzene rings is 1. The molecule has 0 bridgehead atoms. The summed E-state index contributed by atoms with van der Waals surface area (Å²) < 4.78 is 9.72. The van der Waals surface area contributed by atoms with E-state index in [0.717, 1.165) is 16.6 Å². The summed E-state index contributed by atoms with van der Waals surface area (Å²) in [6, 6.07) is 7.35. The van der Waals surface area contributed by atoms with Gasteiger partial charge in [-0.1, -0.05) is 18.1 Å². The highest BCUT2D eigenvalue weighted by atomic mass is 35.5. The minimum absolute atomic E-state index is 0.149. The molecule has 0 atom stereocenters. The predicted octanol–water partition coefficient (Wildman–Crippen LogP) is 1.74. The van der Waals surface area contributed by atoms with Crippen LogP contribution in [0.2, 0.25) is 0 Å². The molecule has 0 aliphatic carbocycles. The Hall–Kier alpha value is -2.98. The van der Waals surface area contributed by atoms with Gasteiger partial charge in [0.05, 0.1) is 13.2 Å². The smallest absolute Gasteiger partial charge is 0.332 e. The lowest BCUT2D eigenvalue weighted by Crippen LogP contribution is -2.37. The van der Waals surface area contributed by atoms with Gasteiger partial charge in [0.25, 0.3) is 5.56 Å². The molecule has 7 nitrogen and oxygen atoms in total. The topological polar surface area (TPSA) is 71.1 Å². The van der Waals surface area contributed by atoms with Crippen molar-refractivity contribution in [3.05, 3.63) is 45.1 Å². The lowest BCUT2D eigenvalue weighted by atomic mass is 10.2. The van der Waals surface area contributed by atoms with Crippen molar-refractivity contribution in [2.45, 2.75) is 13.0 Å². The first-order valence-electron chi connectivity index (χ1n) is 8.38. The van der Waals surface area contributed by atoms with E-state index < -0.39 is 11.2 Å². The third-order valence-electron chi connectivity index (χ3n) is 4.24. The van der Waals surface area contributed by atoms with Gasteiger partial charge in [0.1, 0.15) is 11.6 Å². The van der Waals surface area contributed by atoms with Crippen molar-refractivity contribution in [1.82, 2.24) is 18.7 Å². The van der Waals surface area contributed by atoms with Gasteiger partial charge in [-0.2, -0.15) is 0 Å². The van der Waals surface area contributed by atoms with E-state index in [0.29, 0.717) is 35.2 Å². The number of alkyl halides is 1. The quantitative estimate of drug-likeness (QED) is 0.367. The Bertz CT molecular complexity index is 1150. The van der Waals surface area contributed by atoms with E-state index in [2.05, 4.69) is 10.9 Å². The molecular formula is C19H19ClN4O3. The highest BCUT2D eigenvalue weighted by molar-refractivity contribution is 6.17. The minimum atomic E-state index is -0.442. The van der Waals surface area contributed by atoms with Crippen molar-refractivity contribution in [2.24, 2.45) is 14.1 Å². The maximum atomic E-state index is 12.7. The molecule has 140 valence electrons. The van der Waals surface area contributed by atoms with Gasteiger partial charge in [-0.25, -0.2) is 9.78 Å². The van der Waals surface area contributed by atoms with E-state index in [1.54, 1.807) is 11.6 Å². The molecule has 8 heteroatoms. The zero-order valence-electron chi connectivity index (χ0n) is 15.1. The van der Waals surface area contributed by atoms with Crippen LogP contribution in [0.3, 0.4) is 0 Å². The first-order chi connectivity index (χ1) is 13.0. The van der Waals surface area contributed by atoms with Gasteiger partial charge in [-0.05, 0) is 18.6 Å². The van der Waals surface area contributed by atoms with E-state index in [4.69, 9.17) is 22.8 Å². The second-order valence-corrected chi connectivity index (χ2v) is 6.40. The standard InChI is InChI=1S/C19H19ClN4O3/c1-4-10-24-15-17(22(2)19(26)23(3)18(15)25)21-16(24)13-7-5-8-14(12-13)27-11-6-9-20/h1,5,7-8,12H,6,9-11H2,2-3H3. The first-order valence-corrected chi connectivity index (χ1v) is 8.92. The molecule has 0 aliphatic heterocycles. The Morgan fingerprint density at radius 2 is 2.04 bits per heavy atom. The van der Waals surface area contributed by atoms with Crippen LogP contribution in [0.4, 0.5) is 0 Å². The molecule has 3 rings (SSSR count). The first kappa shape index (κ1) is 18.8. The fourth-order valence-corrected chi connectivity index (χ4v) is 2.99. The number of fused-ring (bicyclic) bond motifs is 1.